The molecular weight excluding hydrogens is 388 g/mol. The summed E-state index contributed by atoms with van der Waals surface area (Å²) in [6.45, 7) is 8.72. The largest absolute Gasteiger partial charge is 0.469 e. The van der Waals surface area contributed by atoms with Crippen molar-refractivity contribution in [2.24, 2.45) is 0 Å². The number of nitrogens with one attached hydrogen (secondary N) is 1. The van der Waals surface area contributed by atoms with Gasteiger partial charge in [0.15, 0.2) is 5.65 Å². The third-order valence-electron chi connectivity index (χ3n) is 5.55. The summed E-state index contributed by atoms with van der Waals surface area (Å²) in [5.41, 5.74) is 5.11. The number of benzene rings is 1. The van der Waals surface area contributed by atoms with Crippen LogP contribution >= 0.6 is 0 Å². The minimum absolute atomic E-state index is 0.00478. The Morgan fingerprint density at radius 3 is 2.65 bits per heavy atom. The van der Waals surface area contributed by atoms with Crippen LogP contribution in [0.15, 0.2) is 53.1 Å². The van der Waals surface area contributed by atoms with E-state index in [-0.39, 0.29) is 11.9 Å². The highest BCUT2D eigenvalue weighted by Crippen LogP contribution is 2.27. The summed E-state index contributed by atoms with van der Waals surface area (Å²) in [6, 6.07) is 13.9. The number of hydrogen-bond donors (Lipinski definition) is 1. The molecule has 0 aliphatic rings. The van der Waals surface area contributed by atoms with Crippen LogP contribution in [0, 0.1) is 13.8 Å². The Bertz CT molecular complexity index is 1190. The van der Waals surface area contributed by atoms with E-state index in [0.717, 1.165) is 46.6 Å². The molecule has 1 N–H and O–H groups in total. The Morgan fingerprint density at radius 2 is 1.97 bits per heavy atom. The fourth-order valence-electron chi connectivity index (χ4n) is 3.81. The van der Waals surface area contributed by atoms with Gasteiger partial charge >= 0.3 is 0 Å². The van der Waals surface area contributed by atoms with E-state index in [4.69, 9.17) is 9.40 Å². The minimum atomic E-state index is -0.105. The zero-order chi connectivity index (χ0) is 22.0. The average molecular weight is 417 g/mol. The summed E-state index contributed by atoms with van der Waals surface area (Å²) in [7, 11) is 0. The third kappa shape index (κ3) is 4.38. The monoisotopic (exact) mass is 416 g/mol. The number of furan rings is 1. The molecule has 31 heavy (non-hydrogen) atoms. The van der Waals surface area contributed by atoms with Crippen molar-refractivity contribution < 1.29 is 9.21 Å². The number of fused-ring (bicyclic) bond motifs is 1. The molecule has 4 rings (SSSR count). The van der Waals surface area contributed by atoms with Crippen LogP contribution in [0.3, 0.4) is 0 Å². The molecule has 3 aromatic heterocycles. The number of aryl methyl sites for hydroxylation is 4. The summed E-state index contributed by atoms with van der Waals surface area (Å²) in [5.74, 6) is 0.820. The highest BCUT2D eigenvalue weighted by Gasteiger charge is 2.21. The average Bonchev–Trinajstić information content (AvgIpc) is 3.40. The highest BCUT2D eigenvalue weighted by atomic mass is 16.3. The summed E-state index contributed by atoms with van der Waals surface area (Å²) in [4.78, 5) is 18.2. The van der Waals surface area contributed by atoms with Crippen LogP contribution in [0.5, 0.6) is 0 Å². The molecule has 3 heterocycles. The van der Waals surface area contributed by atoms with Gasteiger partial charge < -0.3 is 9.73 Å². The molecule has 0 fully saturated rings. The van der Waals surface area contributed by atoms with Gasteiger partial charge in [0, 0.05) is 24.6 Å². The van der Waals surface area contributed by atoms with E-state index in [1.165, 1.54) is 5.56 Å². The molecule has 6 heteroatoms. The maximum atomic E-state index is 13.3. The zero-order valence-electron chi connectivity index (χ0n) is 18.5. The predicted molar refractivity (Wildman–Crippen MR) is 122 cm³/mol. The summed E-state index contributed by atoms with van der Waals surface area (Å²) >= 11 is 0. The molecule has 6 nitrogen and oxygen atoms in total. The van der Waals surface area contributed by atoms with Crippen LogP contribution in [0.2, 0.25) is 0 Å². The maximum Gasteiger partial charge on any atom is 0.252 e. The SMILES string of the molecule is CCn1nc(C)c2c(C(=O)NC(C)CCc3ccco3)cc(-c3ccc(C)cc3)nc21. The molecule has 0 spiro atoms. The van der Waals surface area contributed by atoms with Crippen molar-refractivity contribution in [2.45, 2.75) is 53.1 Å². The van der Waals surface area contributed by atoms with Gasteiger partial charge in [-0.25, -0.2) is 9.67 Å². The number of amides is 1. The van der Waals surface area contributed by atoms with Gasteiger partial charge in [0.2, 0.25) is 0 Å². The quantitative estimate of drug-likeness (QED) is 0.456. The summed E-state index contributed by atoms with van der Waals surface area (Å²) in [5, 5.41) is 8.57. The second kappa shape index (κ2) is 8.76. The van der Waals surface area contributed by atoms with E-state index in [0.29, 0.717) is 12.1 Å². The molecule has 0 bridgehead atoms. The lowest BCUT2D eigenvalue weighted by Crippen LogP contribution is -2.33. The lowest BCUT2D eigenvalue weighted by Gasteiger charge is -2.15. The number of carbonyl (C=O) groups is 1. The van der Waals surface area contributed by atoms with Gasteiger partial charge in [-0.1, -0.05) is 29.8 Å². The van der Waals surface area contributed by atoms with E-state index in [1.807, 2.05) is 55.8 Å². The van der Waals surface area contributed by atoms with Gasteiger partial charge in [0.25, 0.3) is 5.91 Å². The summed E-state index contributed by atoms with van der Waals surface area (Å²) < 4.78 is 7.26. The zero-order valence-corrected chi connectivity index (χ0v) is 18.5. The van der Waals surface area contributed by atoms with Crippen LogP contribution in [0.4, 0.5) is 0 Å². The number of rotatable bonds is 7. The number of aromatic nitrogens is 3. The number of hydrogen-bond acceptors (Lipinski definition) is 4. The molecule has 1 aromatic carbocycles. The molecule has 1 amide bonds. The number of nitrogens with zero attached hydrogens (tertiary/aromatic N) is 3. The van der Waals surface area contributed by atoms with Crippen LogP contribution in [-0.2, 0) is 13.0 Å². The Kier molecular flexibility index (Phi) is 5.89. The Hall–Kier alpha value is -3.41. The van der Waals surface area contributed by atoms with E-state index in [9.17, 15) is 4.79 Å². The van der Waals surface area contributed by atoms with Crippen molar-refractivity contribution in [1.82, 2.24) is 20.1 Å². The smallest absolute Gasteiger partial charge is 0.252 e. The van der Waals surface area contributed by atoms with Crippen LogP contribution in [-0.4, -0.2) is 26.7 Å². The van der Waals surface area contributed by atoms with Crippen molar-refractivity contribution >= 4 is 16.9 Å². The molecular formula is C25H28N4O2. The van der Waals surface area contributed by atoms with Gasteiger partial charge in [0.05, 0.1) is 28.6 Å². The van der Waals surface area contributed by atoms with E-state index < -0.39 is 0 Å². The lowest BCUT2D eigenvalue weighted by atomic mass is 10.0. The molecule has 0 aliphatic carbocycles. The maximum absolute atomic E-state index is 13.3. The van der Waals surface area contributed by atoms with E-state index in [1.54, 1.807) is 6.26 Å². The van der Waals surface area contributed by atoms with Crippen LogP contribution < -0.4 is 5.32 Å². The van der Waals surface area contributed by atoms with Gasteiger partial charge in [-0.05, 0) is 52.3 Å². The van der Waals surface area contributed by atoms with Gasteiger partial charge in [-0.3, -0.25) is 4.79 Å². The van der Waals surface area contributed by atoms with E-state index in [2.05, 4.69) is 29.5 Å². The lowest BCUT2D eigenvalue weighted by molar-refractivity contribution is 0.0939. The minimum Gasteiger partial charge on any atom is -0.469 e. The third-order valence-corrected chi connectivity index (χ3v) is 5.55. The first-order chi connectivity index (χ1) is 15.0. The van der Waals surface area contributed by atoms with Crippen molar-refractivity contribution in [3.05, 3.63) is 71.3 Å². The Labute approximate surface area is 182 Å². The molecule has 0 aliphatic heterocycles. The fraction of sp³-hybridized carbons (Fsp3) is 0.320. The first-order valence-corrected chi connectivity index (χ1v) is 10.7. The molecule has 160 valence electrons. The summed E-state index contributed by atoms with van der Waals surface area (Å²) in [6.07, 6.45) is 3.25. The number of pyridine rings is 1. The van der Waals surface area contributed by atoms with Crippen molar-refractivity contribution in [1.29, 1.82) is 0 Å². The van der Waals surface area contributed by atoms with Crippen LogP contribution in [0.1, 0.15) is 47.6 Å². The second-order valence-electron chi connectivity index (χ2n) is 8.01. The van der Waals surface area contributed by atoms with Gasteiger partial charge in [-0.2, -0.15) is 5.10 Å². The second-order valence-corrected chi connectivity index (χ2v) is 8.01. The predicted octanol–water partition coefficient (Wildman–Crippen LogP) is 5.08. The van der Waals surface area contributed by atoms with Gasteiger partial charge in [-0.15, -0.1) is 0 Å². The standard InChI is InChI=1S/C25H28N4O2/c1-5-29-24-23(18(4)28-29)21(15-22(27-24)19-11-8-16(2)9-12-19)25(30)26-17(3)10-13-20-7-6-14-31-20/h6-9,11-12,14-15,17H,5,10,13H2,1-4H3,(H,26,30). The first-order valence-electron chi connectivity index (χ1n) is 10.7. The Morgan fingerprint density at radius 1 is 1.19 bits per heavy atom. The van der Waals surface area contributed by atoms with Crippen molar-refractivity contribution in [3.8, 4) is 11.3 Å². The highest BCUT2D eigenvalue weighted by molar-refractivity contribution is 6.07. The molecule has 0 saturated heterocycles. The molecule has 0 radical (unpaired) electrons. The Balaban J connectivity index is 1.68. The molecule has 4 aromatic rings. The van der Waals surface area contributed by atoms with Crippen molar-refractivity contribution in [2.75, 3.05) is 0 Å². The van der Waals surface area contributed by atoms with Crippen molar-refractivity contribution in [3.63, 3.8) is 0 Å². The van der Waals surface area contributed by atoms with Gasteiger partial charge in [0.1, 0.15) is 5.76 Å². The molecule has 0 saturated carbocycles. The topological polar surface area (TPSA) is 73.0 Å². The van der Waals surface area contributed by atoms with Crippen LogP contribution in [0.25, 0.3) is 22.3 Å². The first kappa shape index (κ1) is 20.8. The normalized spacial score (nSPS) is 12.3. The fourth-order valence-corrected chi connectivity index (χ4v) is 3.81. The molecule has 1 unspecified atom stereocenters. The molecule has 1 atom stereocenters. The van der Waals surface area contributed by atoms with E-state index >= 15 is 0 Å². The number of carbonyl (C=O) groups excluding carboxylic acids is 1.